The third-order valence-electron chi connectivity index (χ3n) is 2.21. The lowest BCUT2D eigenvalue weighted by molar-refractivity contribution is -0.275. The van der Waals surface area contributed by atoms with Crippen LogP contribution in [0, 0.1) is 0 Å². The van der Waals surface area contributed by atoms with Crippen LogP contribution in [0.5, 0.6) is 5.75 Å². The highest BCUT2D eigenvalue weighted by molar-refractivity contribution is 5.38. The van der Waals surface area contributed by atoms with Crippen molar-refractivity contribution in [1.29, 1.82) is 0 Å². The van der Waals surface area contributed by atoms with Crippen LogP contribution in [0.4, 0.5) is 13.2 Å². The van der Waals surface area contributed by atoms with Gasteiger partial charge in [0.25, 0.3) is 0 Å². The summed E-state index contributed by atoms with van der Waals surface area (Å²) in [5.41, 5.74) is -1.34. The Morgan fingerprint density at radius 3 is 2.41 bits per heavy atom. The lowest BCUT2D eigenvalue weighted by Gasteiger charge is -2.26. The van der Waals surface area contributed by atoms with Gasteiger partial charge in [-0.15, -0.1) is 13.2 Å². The maximum atomic E-state index is 12.2. The summed E-state index contributed by atoms with van der Waals surface area (Å²) in [5.74, 6) is -0.389. The fraction of sp³-hybridized carbons (Fsp3) is 0.455. The summed E-state index contributed by atoms with van der Waals surface area (Å²) in [6, 6.07) is 5.54. The molecule has 3 nitrogen and oxygen atoms in total. The van der Waals surface area contributed by atoms with E-state index >= 15 is 0 Å². The maximum Gasteiger partial charge on any atom is 0.573 e. The summed E-state index contributed by atoms with van der Waals surface area (Å²) < 4.78 is 40.4. The molecule has 1 unspecified atom stereocenters. The van der Waals surface area contributed by atoms with Crippen molar-refractivity contribution >= 4 is 0 Å². The van der Waals surface area contributed by atoms with Crippen LogP contribution in [0.15, 0.2) is 24.3 Å². The molecule has 1 atom stereocenters. The number of ether oxygens (including phenoxy) is 1. The summed E-state index contributed by atoms with van der Waals surface area (Å²) >= 11 is 0. The van der Waals surface area contributed by atoms with E-state index in [1.165, 1.54) is 25.1 Å². The summed E-state index contributed by atoms with van der Waals surface area (Å²) in [7, 11) is 1.60. The predicted molar refractivity (Wildman–Crippen MR) is 56.6 cm³/mol. The number of alkyl halides is 3. The molecule has 0 radical (unpaired) electrons. The lowest BCUT2D eigenvalue weighted by Crippen LogP contribution is -2.34. The number of benzene rings is 1. The minimum atomic E-state index is -4.77. The molecule has 0 fully saturated rings. The van der Waals surface area contributed by atoms with E-state index in [4.69, 9.17) is 0 Å². The normalized spacial score (nSPS) is 15.4. The molecule has 0 aliphatic heterocycles. The molecular weight excluding hydrogens is 235 g/mol. The molecule has 0 saturated heterocycles. The van der Waals surface area contributed by atoms with E-state index in [2.05, 4.69) is 10.1 Å². The van der Waals surface area contributed by atoms with Gasteiger partial charge in [-0.3, -0.25) is 0 Å². The third kappa shape index (κ3) is 3.90. The second-order valence-corrected chi connectivity index (χ2v) is 3.85. The van der Waals surface area contributed by atoms with Crippen LogP contribution >= 0.6 is 0 Å². The topological polar surface area (TPSA) is 41.5 Å². The standard InChI is InChI=1S/C11H14F3NO2/c1-10(16,7-15-2)8-5-3-4-6-9(8)17-11(12,13)14/h3-6,15-16H,7H2,1-2H3. The van der Waals surface area contributed by atoms with Crippen molar-refractivity contribution in [1.82, 2.24) is 5.32 Å². The molecule has 1 rings (SSSR count). The number of nitrogens with one attached hydrogen (secondary N) is 1. The van der Waals surface area contributed by atoms with Gasteiger partial charge in [0, 0.05) is 12.1 Å². The quantitative estimate of drug-likeness (QED) is 0.857. The van der Waals surface area contributed by atoms with Gasteiger partial charge in [-0.1, -0.05) is 18.2 Å². The number of likely N-dealkylation sites (N-methyl/N-ethyl adjacent to an activating group) is 1. The first-order chi connectivity index (χ1) is 7.76. The maximum absolute atomic E-state index is 12.2. The Balaban J connectivity index is 3.07. The number of rotatable bonds is 4. The fourth-order valence-corrected chi connectivity index (χ4v) is 1.56. The molecule has 17 heavy (non-hydrogen) atoms. The first-order valence-corrected chi connectivity index (χ1v) is 4.98. The van der Waals surface area contributed by atoms with Crippen LogP contribution in [-0.2, 0) is 5.60 Å². The molecule has 0 saturated carbocycles. The van der Waals surface area contributed by atoms with Crippen molar-refractivity contribution in [2.45, 2.75) is 18.9 Å². The number of hydrogen-bond donors (Lipinski definition) is 2. The van der Waals surface area contributed by atoms with Crippen molar-refractivity contribution < 1.29 is 23.0 Å². The smallest absolute Gasteiger partial charge is 0.405 e. The molecule has 0 heterocycles. The zero-order chi connectivity index (χ0) is 13.1. The highest BCUT2D eigenvalue weighted by Gasteiger charge is 2.35. The van der Waals surface area contributed by atoms with Crippen molar-refractivity contribution in [2.24, 2.45) is 0 Å². The van der Waals surface area contributed by atoms with E-state index in [1.54, 1.807) is 13.1 Å². The van der Waals surface area contributed by atoms with Gasteiger partial charge in [-0.25, -0.2) is 0 Å². The molecule has 6 heteroatoms. The zero-order valence-electron chi connectivity index (χ0n) is 9.51. The van der Waals surface area contributed by atoms with Gasteiger partial charge in [-0.05, 0) is 20.0 Å². The van der Waals surface area contributed by atoms with E-state index < -0.39 is 12.0 Å². The van der Waals surface area contributed by atoms with Gasteiger partial charge in [-0.2, -0.15) is 0 Å². The average molecular weight is 249 g/mol. The van der Waals surface area contributed by atoms with E-state index in [-0.39, 0.29) is 17.9 Å². The summed E-state index contributed by atoms with van der Waals surface area (Å²) in [6.07, 6.45) is -4.77. The second-order valence-electron chi connectivity index (χ2n) is 3.85. The lowest BCUT2D eigenvalue weighted by atomic mass is 9.95. The fourth-order valence-electron chi connectivity index (χ4n) is 1.56. The predicted octanol–water partition coefficient (Wildman–Crippen LogP) is 2.01. The summed E-state index contributed by atoms with van der Waals surface area (Å²) in [6.45, 7) is 1.54. The molecule has 2 N–H and O–H groups in total. The van der Waals surface area contributed by atoms with Crippen molar-refractivity contribution in [3.8, 4) is 5.75 Å². The van der Waals surface area contributed by atoms with Crippen molar-refractivity contribution in [2.75, 3.05) is 13.6 Å². The first-order valence-electron chi connectivity index (χ1n) is 4.98. The molecule has 1 aromatic rings. The number of hydrogen-bond acceptors (Lipinski definition) is 3. The van der Waals surface area contributed by atoms with Crippen LogP contribution in [-0.4, -0.2) is 25.1 Å². The van der Waals surface area contributed by atoms with E-state index in [0.29, 0.717) is 0 Å². The molecule has 0 spiro atoms. The minimum absolute atomic E-state index is 0.0895. The first kappa shape index (κ1) is 13.8. The van der Waals surface area contributed by atoms with E-state index in [1.807, 2.05) is 0 Å². The Kier molecular flexibility index (Phi) is 4.00. The molecule has 0 aromatic heterocycles. The van der Waals surface area contributed by atoms with Gasteiger partial charge in [0.1, 0.15) is 11.4 Å². The van der Waals surface area contributed by atoms with Gasteiger partial charge in [0.05, 0.1) is 0 Å². The van der Waals surface area contributed by atoms with Gasteiger partial charge < -0.3 is 15.2 Å². The van der Waals surface area contributed by atoms with Crippen LogP contribution < -0.4 is 10.1 Å². The molecular formula is C11H14F3NO2. The molecule has 0 amide bonds. The Bertz CT molecular complexity index is 377. The molecule has 0 aliphatic rings. The zero-order valence-corrected chi connectivity index (χ0v) is 9.51. The Morgan fingerprint density at radius 1 is 1.29 bits per heavy atom. The Hall–Kier alpha value is -1.27. The molecule has 1 aromatic carbocycles. The number of halogens is 3. The highest BCUT2D eigenvalue weighted by Crippen LogP contribution is 2.32. The number of aliphatic hydroxyl groups is 1. The van der Waals surface area contributed by atoms with Crippen molar-refractivity contribution in [3.63, 3.8) is 0 Å². The Labute approximate surface area is 97.2 Å². The van der Waals surface area contributed by atoms with Crippen LogP contribution in [0.25, 0.3) is 0 Å². The average Bonchev–Trinajstić information content (AvgIpc) is 2.15. The minimum Gasteiger partial charge on any atom is -0.405 e. The van der Waals surface area contributed by atoms with Crippen LogP contribution in [0.1, 0.15) is 12.5 Å². The van der Waals surface area contributed by atoms with Gasteiger partial charge >= 0.3 is 6.36 Å². The van der Waals surface area contributed by atoms with Gasteiger partial charge in [0.2, 0.25) is 0 Å². The highest BCUT2D eigenvalue weighted by atomic mass is 19.4. The van der Waals surface area contributed by atoms with E-state index in [9.17, 15) is 18.3 Å². The SMILES string of the molecule is CNCC(C)(O)c1ccccc1OC(F)(F)F. The largest absolute Gasteiger partial charge is 0.573 e. The number of para-hydroxylation sites is 1. The van der Waals surface area contributed by atoms with Crippen LogP contribution in [0.2, 0.25) is 0 Å². The summed E-state index contributed by atoms with van der Waals surface area (Å²) in [4.78, 5) is 0. The molecule has 0 bridgehead atoms. The van der Waals surface area contributed by atoms with E-state index in [0.717, 1.165) is 0 Å². The Morgan fingerprint density at radius 2 is 1.88 bits per heavy atom. The second kappa shape index (κ2) is 4.93. The third-order valence-corrected chi connectivity index (χ3v) is 2.21. The summed E-state index contributed by atoms with van der Waals surface area (Å²) in [5, 5.41) is 12.8. The monoisotopic (exact) mass is 249 g/mol. The van der Waals surface area contributed by atoms with Gasteiger partial charge in [0.15, 0.2) is 0 Å². The molecule has 0 aliphatic carbocycles. The van der Waals surface area contributed by atoms with Crippen LogP contribution in [0.3, 0.4) is 0 Å². The van der Waals surface area contributed by atoms with Crippen molar-refractivity contribution in [3.05, 3.63) is 29.8 Å². The molecule has 96 valence electrons.